The minimum Gasteiger partial charge on any atom is -0.298 e. The number of hydrogen-bond donors (Lipinski definition) is 0. The second-order valence-corrected chi connectivity index (χ2v) is 6.10. The summed E-state index contributed by atoms with van der Waals surface area (Å²) in [4.78, 5) is 11.3. The molecule has 1 aromatic rings. The van der Waals surface area contributed by atoms with Gasteiger partial charge in [-0.3, -0.25) is 4.79 Å². The van der Waals surface area contributed by atoms with Gasteiger partial charge in [-0.2, -0.15) is 0 Å². The molecule has 0 saturated carbocycles. The second-order valence-electron chi connectivity index (χ2n) is 3.23. The number of halogens is 3. The van der Waals surface area contributed by atoms with Gasteiger partial charge < -0.3 is 0 Å². The van der Waals surface area contributed by atoms with Crippen molar-refractivity contribution in [3.63, 3.8) is 0 Å². The highest BCUT2D eigenvalue weighted by Crippen LogP contribution is 2.24. The molecule has 0 aliphatic carbocycles. The third-order valence-corrected chi connectivity index (χ3v) is 4.18. The molecule has 15 heavy (non-hydrogen) atoms. The molecule has 4 heteroatoms. The van der Waals surface area contributed by atoms with E-state index in [2.05, 4.69) is 47.8 Å². The Balaban J connectivity index is 2.76. The predicted octanol–water partition coefficient (Wildman–Crippen LogP) is 4.50. The van der Waals surface area contributed by atoms with Gasteiger partial charge in [-0.25, -0.2) is 0 Å². The molecular formula is C11H11Br3O. The second kappa shape index (κ2) is 6.16. The van der Waals surface area contributed by atoms with Crippen LogP contribution in [0.1, 0.15) is 18.9 Å². The molecule has 1 atom stereocenters. The first kappa shape index (κ1) is 13.4. The first-order valence-corrected chi connectivity index (χ1v) is 7.15. The van der Waals surface area contributed by atoms with Crippen molar-refractivity contribution in [1.29, 1.82) is 0 Å². The Hall–Kier alpha value is 0.330. The number of hydrogen-bond acceptors (Lipinski definition) is 1. The van der Waals surface area contributed by atoms with Crippen LogP contribution in [-0.4, -0.2) is 10.6 Å². The Kier molecular flexibility index (Phi) is 5.50. The molecule has 1 nitrogen and oxygen atoms in total. The Bertz CT molecular complexity index is 363. The van der Waals surface area contributed by atoms with Gasteiger partial charge in [0.2, 0.25) is 0 Å². The summed E-state index contributed by atoms with van der Waals surface area (Å²) in [6.07, 6.45) is 1.30. The monoisotopic (exact) mass is 396 g/mol. The number of carbonyl (C=O) groups excluding carboxylic acids is 1. The fraction of sp³-hybridized carbons (Fsp3) is 0.364. The van der Waals surface area contributed by atoms with Crippen molar-refractivity contribution in [3.05, 3.63) is 32.7 Å². The van der Waals surface area contributed by atoms with Crippen molar-refractivity contribution in [3.8, 4) is 0 Å². The average Bonchev–Trinajstić information content (AvgIpc) is 2.20. The van der Waals surface area contributed by atoms with E-state index in [-0.39, 0.29) is 10.6 Å². The fourth-order valence-electron chi connectivity index (χ4n) is 1.22. The van der Waals surface area contributed by atoms with Gasteiger partial charge in [0, 0.05) is 15.4 Å². The van der Waals surface area contributed by atoms with Crippen molar-refractivity contribution >= 4 is 53.6 Å². The van der Waals surface area contributed by atoms with E-state index < -0.39 is 0 Å². The minimum atomic E-state index is -0.0834. The maximum atomic E-state index is 11.4. The molecule has 0 N–H and O–H groups in total. The number of carbonyl (C=O) groups is 1. The van der Waals surface area contributed by atoms with Crippen LogP contribution in [0.4, 0.5) is 0 Å². The van der Waals surface area contributed by atoms with E-state index in [4.69, 9.17) is 0 Å². The molecule has 0 aliphatic rings. The predicted molar refractivity (Wildman–Crippen MR) is 73.6 cm³/mol. The number of rotatable bonds is 4. The van der Waals surface area contributed by atoms with E-state index in [1.165, 1.54) is 0 Å². The van der Waals surface area contributed by atoms with Gasteiger partial charge in [-0.05, 0) is 24.1 Å². The van der Waals surface area contributed by atoms with E-state index in [9.17, 15) is 4.79 Å². The zero-order chi connectivity index (χ0) is 11.4. The topological polar surface area (TPSA) is 17.1 Å². The normalized spacial score (nSPS) is 12.5. The Morgan fingerprint density at radius 3 is 2.60 bits per heavy atom. The van der Waals surface area contributed by atoms with Crippen LogP contribution in [0, 0.1) is 0 Å². The standard InChI is InChI=1S/C11H11Br3O/c1-2-11(15)10(14)5-7-3-4-8(12)6-9(7)13/h3-4,6,10H,2,5H2,1H3. The molecule has 82 valence electrons. The molecule has 1 unspecified atom stereocenters. The summed E-state index contributed by atoms with van der Waals surface area (Å²) in [6.45, 7) is 1.88. The number of ketones is 1. The summed E-state index contributed by atoms with van der Waals surface area (Å²) in [7, 11) is 0. The summed E-state index contributed by atoms with van der Waals surface area (Å²) in [5.41, 5.74) is 1.14. The number of Topliss-reactive ketones (excluding diaryl/α,β-unsaturated/α-hetero) is 1. The van der Waals surface area contributed by atoms with Crippen LogP contribution in [0.3, 0.4) is 0 Å². The lowest BCUT2D eigenvalue weighted by Crippen LogP contribution is -2.15. The summed E-state index contributed by atoms with van der Waals surface area (Å²) in [6, 6.07) is 5.99. The molecule has 0 heterocycles. The van der Waals surface area contributed by atoms with Crippen molar-refractivity contribution in [1.82, 2.24) is 0 Å². The van der Waals surface area contributed by atoms with Crippen LogP contribution in [0.25, 0.3) is 0 Å². The zero-order valence-corrected chi connectivity index (χ0v) is 13.0. The van der Waals surface area contributed by atoms with Gasteiger partial charge in [-0.1, -0.05) is 60.8 Å². The van der Waals surface area contributed by atoms with Crippen molar-refractivity contribution < 1.29 is 4.79 Å². The highest BCUT2D eigenvalue weighted by molar-refractivity contribution is 9.11. The first-order valence-electron chi connectivity index (χ1n) is 4.65. The van der Waals surface area contributed by atoms with Gasteiger partial charge >= 0.3 is 0 Å². The van der Waals surface area contributed by atoms with Crippen molar-refractivity contribution in [2.75, 3.05) is 0 Å². The van der Waals surface area contributed by atoms with Gasteiger partial charge in [0.25, 0.3) is 0 Å². The largest absolute Gasteiger partial charge is 0.298 e. The van der Waals surface area contributed by atoms with E-state index >= 15 is 0 Å². The molecule has 0 aromatic heterocycles. The Labute approximate surface area is 115 Å². The molecule has 0 aliphatic heterocycles. The van der Waals surface area contributed by atoms with E-state index in [0.717, 1.165) is 20.9 Å². The van der Waals surface area contributed by atoms with Crippen LogP contribution in [0.5, 0.6) is 0 Å². The Morgan fingerprint density at radius 2 is 2.07 bits per heavy atom. The summed E-state index contributed by atoms with van der Waals surface area (Å²) in [5.74, 6) is 0.241. The molecule has 0 bridgehead atoms. The molecule has 0 fully saturated rings. The van der Waals surface area contributed by atoms with Gasteiger partial charge in [0.15, 0.2) is 0 Å². The highest BCUT2D eigenvalue weighted by atomic mass is 79.9. The van der Waals surface area contributed by atoms with Crippen LogP contribution >= 0.6 is 47.8 Å². The summed E-state index contributed by atoms with van der Waals surface area (Å²) < 4.78 is 2.07. The third kappa shape index (κ3) is 4.00. The van der Waals surface area contributed by atoms with Crippen molar-refractivity contribution in [2.24, 2.45) is 0 Å². The first-order chi connectivity index (χ1) is 7.04. The van der Waals surface area contributed by atoms with Crippen LogP contribution < -0.4 is 0 Å². The third-order valence-electron chi connectivity index (χ3n) is 2.11. The van der Waals surface area contributed by atoms with Crippen molar-refractivity contribution in [2.45, 2.75) is 24.6 Å². The molecule has 1 aromatic carbocycles. The summed E-state index contributed by atoms with van der Waals surface area (Å²) >= 11 is 10.3. The van der Waals surface area contributed by atoms with Gasteiger partial charge in [0.1, 0.15) is 5.78 Å². The molecular weight excluding hydrogens is 388 g/mol. The van der Waals surface area contributed by atoms with Crippen LogP contribution in [-0.2, 0) is 11.2 Å². The summed E-state index contributed by atoms with van der Waals surface area (Å²) in [5, 5.41) is 0. The highest BCUT2D eigenvalue weighted by Gasteiger charge is 2.14. The van der Waals surface area contributed by atoms with E-state index in [1.807, 2.05) is 25.1 Å². The van der Waals surface area contributed by atoms with Crippen LogP contribution in [0.15, 0.2) is 27.1 Å². The number of benzene rings is 1. The van der Waals surface area contributed by atoms with Gasteiger partial charge in [-0.15, -0.1) is 0 Å². The lowest BCUT2D eigenvalue weighted by atomic mass is 10.1. The average molecular weight is 399 g/mol. The maximum Gasteiger partial charge on any atom is 0.146 e. The zero-order valence-electron chi connectivity index (χ0n) is 8.27. The SMILES string of the molecule is CCC(=O)C(Br)Cc1ccc(Br)cc1Br. The lowest BCUT2D eigenvalue weighted by Gasteiger charge is -2.09. The van der Waals surface area contributed by atoms with Crippen LogP contribution in [0.2, 0.25) is 0 Å². The van der Waals surface area contributed by atoms with E-state index in [1.54, 1.807) is 0 Å². The maximum absolute atomic E-state index is 11.4. The molecule has 0 radical (unpaired) electrons. The molecule has 1 rings (SSSR count). The number of alkyl halides is 1. The molecule has 0 amide bonds. The lowest BCUT2D eigenvalue weighted by molar-refractivity contribution is -0.118. The van der Waals surface area contributed by atoms with E-state index in [0.29, 0.717) is 6.42 Å². The molecule has 0 spiro atoms. The quantitative estimate of drug-likeness (QED) is 0.682. The minimum absolute atomic E-state index is 0.0834. The fourth-order valence-corrected chi connectivity index (χ4v) is 3.10. The van der Waals surface area contributed by atoms with Gasteiger partial charge in [0.05, 0.1) is 4.83 Å². The molecule has 0 saturated heterocycles. The Morgan fingerprint density at radius 1 is 1.40 bits per heavy atom. The smallest absolute Gasteiger partial charge is 0.146 e.